The summed E-state index contributed by atoms with van der Waals surface area (Å²) in [5, 5.41) is 14.9. The Kier molecular flexibility index (Phi) is 5.10. The molecule has 3 aliphatic rings. The average molecular weight is 477 g/mol. The number of ether oxygens (including phenoxy) is 1. The standard InChI is InChI=1S/C28H33FN4O2/c1-16(18-7-6-10-22(24(18)29)27(3,4)34)30-26-21-11-23(33-12-28(13-33)14-35-15-28)19-8-5-9-20(19)25(21)31-17(2)32-26/h6-7,10-11,16,34H,5,8-9,12-15H2,1-4H3,(H,30,31,32). The maximum absolute atomic E-state index is 15.4. The van der Waals surface area contributed by atoms with E-state index in [0.29, 0.717) is 22.4 Å². The summed E-state index contributed by atoms with van der Waals surface area (Å²) in [6.07, 6.45) is 3.24. The quantitative estimate of drug-likeness (QED) is 0.551. The maximum Gasteiger partial charge on any atom is 0.138 e. The van der Waals surface area contributed by atoms with Crippen molar-refractivity contribution in [3.05, 3.63) is 58.2 Å². The first-order chi connectivity index (χ1) is 16.7. The van der Waals surface area contributed by atoms with Crippen LogP contribution in [0.1, 0.15) is 61.3 Å². The second-order valence-electron chi connectivity index (χ2n) is 11.2. The van der Waals surface area contributed by atoms with Crippen LogP contribution in [-0.2, 0) is 23.2 Å². The largest absolute Gasteiger partial charge is 0.386 e. The van der Waals surface area contributed by atoms with E-state index < -0.39 is 5.60 Å². The van der Waals surface area contributed by atoms with Gasteiger partial charge < -0.3 is 20.1 Å². The number of aliphatic hydroxyl groups is 1. The van der Waals surface area contributed by atoms with E-state index in [1.54, 1.807) is 32.0 Å². The summed E-state index contributed by atoms with van der Waals surface area (Å²) >= 11 is 0. The van der Waals surface area contributed by atoms with Crippen molar-refractivity contribution in [2.45, 2.75) is 58.6 Å². The molecule has 2 aromatic carbocycles. The molecule has 1 spiro atoms. The second-order valence-corrected chi connectivity index (χ2v) is 11.2. The van der Waals surface area contributed by atoms with Crippen LogP contribution in [0.5, 0.6) is 0 Å². The number of hydrogen-bond donors (Lipinski definition) is 2. The molecular weight excluding hydrogens is 443 g/mol. The molecule has 1 unspecified atom stereocenters. The van der Waals surface area contributed by atoms with Gasteiger partial charge in [-0.25, -0.2) is 14.4 Å². The Bertz CT molecular complexity index is 1320. The third-order valence-electron chi connectivity index (χ3n) is 7.87. The predicted octanol–water partition coefficient (Wildman–Crippen LogP) is 4.80. The van der Waals surface area contributed by atoms with E-state index in [4.69, 9.17) is 14.7 Å². The number of anilines is 2. The van der Waals surface area contributed by atoms with Gasteiger partial charge in [-0.2, -0.15) is 0 Å². The number of rotatable bonds is 5. The SMILES string of the molecule is Cc1nc(NC(C)c2cccc(C(C)(C)O)c2F)c2cc(N3CC4(COC4)C3)c3c(c2n1)CCC3. The molecule has 1 aliphatic carbocycles. The van der Waals surface area contributed by atoms with Crippen molar-refractivity contribution in [1.29, 1.82) is 0 Å². The topological polar surface area (TPSA) is 70.5 Å². The molecule has 184 valence electrons. The van der Waals surface area contributed by atoms with Crippen molar-refractivity contribution in [2.75, 3.05) is 36.5 Å². The van der Waals surface area contributed by atoms with Crippen LogP contribution in [0.4, 0.5) is 15.9 Å². The fraction of sp³-hybridized carbons (Fsp3) is 0.500. The monoisotopic (exact) mass is 476 g/mol. The molecule has 35 heavy (non-hydrogen) atoms. The Morgan fingerprint density at radius 3 is 2.60 bits per heavy atom. The van der Waals surface area contributed by atoms with Gasteiger partial charge in [-0.15, -0.1) is 0 Å². The summed E-state index contributed by atoms with van der Waals surface area (Å²) in [5.41, 5.74) is 4.94. The van der Waals surface area contributed by atoms with Gasteiger partial charge in [0.05, 0.1) is 35.8 Å². The van der Waals surface area contributed by atoms with E-state index in [-0.39, 0.29) is 11.9 Å². The third kappa shape index (κ3) is 3.67. The van der Waals surface area contributed by atoms with E-state index in [1.165, 1.54) is 16.8 Å². The van der Waals surface area contributed by atoms with Crippen LogP contribution in [0.25, 0.3) is 10.9 Å². The van der Waals surface area contributed by atoms with Crippen molar-refractivity contribution in [3.63, 3.8) is 0 Å². The minimum absolute atomic E-state index is 0.291. The van der Waals surface area contributed by atoms with Crippen LogP contribution < -0.4 is 10.2 Å². The molecule has 6 nitrogen and oxygen atoms in total. The van der Waals surface area contributed by atoms with Crippen molar-refractivity contribution < 1.29 is 14.2 Å². The molecule has 2 fully saturated rings. The Labute approximate surface area is 205 Å². The molecule has 3 aromatic rings. The first kappa shape index (κ1) is 22.7. The summed E-state index contributed by atoms with van der Waals surface area (Å²) < 4.78 is 20.9. The molecule has 0 saturated carbocycles. The number of fused-ring (bicyclic) bond motifs is 3. The number of aryl methyl sites for hydroxylation is 2. The van der Waals surface area contributed by atoms with Crippen molar-refractivity contribution in [1.82, 2.24) is 9.97 Å². The summed E-state index contributed by atoms with van der Waals surface area (Å²) in [6.45, 7) is 10.8. The van der Waals surface area contributed by atoms with E-state index >= 15 is 4.39 Å². The van der Waals surface area contributed by atoms with Crippen molar-refractivity contribution in [3.8, 4) is 0 Å². The highest BCUT2D eigenvalue weighted by Gasteiger charge is 2.49. The minimum atomic E-state index is -1.26. The number of halogens is 1. The molecule has 6 rings (SSSR count). The van der Waals surface area contributed by atoms with Crippen molar-refractivity contribution in [2.24, 2.45) is 5.41 Å². The van der Waals surface area contributed by atoms with Crippen LogP contribution >= 0.6 is 0 Å². The minimum Gasteiger partial charge on any atom is -0.386 e. The Balaban J connectivity index is 1.40. The summed E-state index contributed by atoms with van der Waals surface area (Å²) in [6, 6.07) is 7.09. The zero-order chi connectivity index (χ0) is 24.5. The molecule has 0 amide bonds. The smallest absolute Gasteiger partial charge is 0.138 e. The Morgan fingerprint density at radius 1 is 1.17 bits per heavy atom. The van der Waals surface area contributed by atoms with Crippen LogP contribution in [0.3, 0.4) is 0 Å². The number of nitrogens with one attached hydrogen (secondary N) is 1. The summed E-state index contributed by atoms with van der Waals surface area (Å²) in [4.78, 5) is 12.1. The lowest BCUT2D eigenvalue weighted by molar-refractivity contribution is -0.127. The van der Waals surface area contributed by atoms with Gasteiger partial charge in [-0.05, 0) is 64.2 Å². The number of aromatic nitrogens is 2. The van der Waals surface area contributed by atoms with Gasteiger partial charge in [0.25, 0.3) is 0 Å². The Hall–Kier alpha value is -2.77. The van der Waals surface area contributed by atoms with Gasteiger partial charge in [0.2, 0.25) is 0 Å². The lowest BCUT2D eigenvalue weighted by Crippen LogP contribution is -2.66. The van der Waals surface area contributed by atoms with E-state index in [2.05, 4.69) is 16.3 Å². The Morgan fingerprint density at radius 2 is 1.91 bits per heavy atom. The highest BCUT2D eigenvalue weighted by Crippen LogP contribution is 2.46. The van der Waals surface area contributed by atoms with E-state index in [1.807, 2.05) is 13.8 Å². The molecule has 3 heterocycles. The van der Waals surface area contributed by atoms with Gasteiger partial charge in [-0.3, -0.25) is 0 Å². The molecule has 2 saturated heterocycles. The first-order valence-electron chi connectivity index (χ1n) is 12.6. The lowest BCUT2D eigenvalue weighted by atomic mass is 9.77. The molecule has 7 heteroatoms. The highest BCUT2D eigenvalue weighted by atomic mass is 19.1. The average Bonchev–Trinajstić information content (AvgIpc) is 3.22. The third-order valence-corrected chi connectivity index (χ3v) is 7.87. The zero-order valence-corrected chi connectivity index (χ0v) is 20.9. The van der Waals surface area contributed by atoms with Gasteiger partial charge in [-0.1, -0.05) is 18.2 Å². The van der Waals surface area contributed by atoms with Crippen LogP contribution in [-0.4, -0.2) is 41.4 Å². The first-order valence-corrected chi connectivity index (χ1v) is 12.6. The highest BCUT2D eigenvalue weighted by molar-refractivity contribution is 5.96. The molecular formula is C28H33FN4O2. The van der Waals surface area contributed by atoms with Crippen molar-refractivity contribution >= 4 is 22.4 Å². The number of benzene rings is 2. The van der Waals surface area contributed by atoms with Gasteiger partial charge in [0, 0.05) is 35.3 Å². The maximum atomic E-state index is 15.4. The summed E-state index contributed by atoms with van der Waals surface area (Å²) in [5.74, 6) is 1.05. The molecule has 2 N–H and O–H groups in total. The van der Waals surface area contributed by atoms with Crippen LogP contribution in [0.15, 0.2) is 24.3 Å². The van der Waals surface area contributed by atoms with Gasteiger partial charge >= 0.3 is 0 Å². The normalized spacial score (nSPS) is 19.4. The predicted molar refractivity (Wildman–Crippen MR) is 135 cm³/mol. The van der Waals surface area contributed by atoms with E-state index in [0.717, 1.165) is 62.3 Å². The zero-order valence-electron chi connectivity index (χ0n) is 20.9. The number of hydrogen-bond acceptors (Lipinski definition) is 6. The molecule has 0 bridgehead atoms. The van der Waals surface area contributed by atoms with E-state index in [9.17, 15) is 5.11 Å². The molecule has 1 atom stereocenters. The van der Waals surface area contributed by atoms with Gasteiger partial charge in [0.15, 0.2) is 0 Å². The number of nitrogens with zero attached hydrogens (tertiary/aromatic N) is 3. The second kappa shape index (κ2) is 7.87. The molecule has 1 aromatic heterocycles. The van der Waals surface area contributed by atoms with Crippen LogP contribution in [0, 0.1) is 18.2 Å². The fourth-order valence-electron chi connectivity index (χ4n) is 6.00. The fourth-order valence-corrected chi connectivity index (χ4v) is 6.00. The molecule has 0 radical (unpaired) electrons. The van der Waals surface area contributed by atoms with Crippen LogP contribution in [0.2, 0.25) is 0 Å². The molecule has 2 aliphatic heterocycles. The van der Waals surface area contributed by atoms with Gasteiger partial charge in [0.1, 0.15) is 17.5 Å². The summed E-state index contributed by atoms with van der Waals surface area (Å²) in [7, 11) is 0. The lowest BCUT2D eigenvalue weighted by Gasteiger charge is -2.56.